The van der Waals surface area contributed by atoms with E-state index in [4.69, 9.17) is 0 Å². The molecule has 1 aromatic heterocycles. The van der Waals surface area contributed by atoms with Crippen LogP contribution in [0.1, 0.15) is 86.8 Å². The van der Waals surface area contributed by atoms with Crippen LogP contribution in [0.15, 0.2) is 176 Å². The van der Waals surface area contributed by atoms with Crippen molar-refractivity contribution in [2.45, 2.75) is 75.5 Å². The molecule has 0 spiro atoms. The lowest BCUT2D eigenvalue weighted by Crippen LogP contribution is -2.56. The van der Waals surface area contributed by atoms with E-state index in [1.807, 2.05) is 11.3 Å². The maximum absolute atomic E-state index is 2.53. The fraction of sp³-hybridized carbons (Fsp3) is 0.276. The van der Waals surface area contributed by atoms with E-state index in [1.54, 1.807) is 0 Å². The van der Waals surface area contributed by atoms with E-state index in [9.17, 15) is 0 Å². The van der Waals surface area contributed by atoms with E-state index in [1.165, 1.54) is 135 Å². The van der Waals surface area contributed by atoms with Gasteiger partial charge in [-0.1, -0.05) is 116 Å². The van der Waals surface area contributed by atoms with Crippen molar-refractivity contribution in [1.82, 2.24) is 0 Å². The molecule has 4 bridgehead atoms. The molecule has 0 radical (unpaired) electrons. The summed E-state index contributed by atoms with van der Waals surface area (Å²) in [7, 11) is 0. The predicted molar refractivity (Wildman–Crippen MR) is 259 cm³/mol. The number of fused-ring (bicyclic) bond motifs is 3. The summed E-state index contributed by atoms with van der Waals surface area (Å²) in [5.74, 6) is 3.79. The molecule has 0 atom stereocenters. The normalized spacial score (nSPS) is 23.4. The van der Waals surface area contributed by atoms with Crippen molar-refractivity contribution in [3.63, 3.8) is 0 Å². The Hall–Kier alpha value is -5.64. The summed E-state index contributed by atoms with van der Waals surface area (Å²) in [6.07, 6.45) is 13.6. The van der Waals surface area contributed by atoms with Crippen LogP contribution in [0.25, 0.3) is 20.2 Å². The van der Waals surface area contributed by atoms with Gasteiger partial charge >= 0.3 is 0 Å². The van der Waals surface area contributed by atoms with Gasteiger partial charge < -0.3 is 9.80 Å². The molecule has 0 amide bonds. The molecule has 5 aliphatic carbocycles. The number of nitrogens with zero attached hydrogens (tertiary/aromatic N) is 2. The van der Waals surface area contributed by atoms with Crippen LogP contribution in [0.4, 0.5) is 34.1 Å². The number of para-hydroxylation sites is 2. The first-order chi connectivity index (χ1) is 30.2. The predicted octanol–water partition coefficient (Wildman–Crippen LogP) is 16.8. The maximum atomic E-state index is 2.53. The van der Waals surface area contributed by atoms with Crippen molar-refractivity contribution in [1.29, 1.82) is 0 Å². The number of rotatable bonds is 9. The van der Waals surface area contributed by atoms with Gasteiger partial charge in [0.25, 0.3) is 0 Å². The zero-order chi connectivity index (χ0) is 40.3. The third-order valence-corrected chi connectivity index (χ3v) is 16.6. The zero-order valence-corrected chi connectivity index (χ0v) is 35.8. The number of benzene rings is 7. The van der Waals surface area contributed by atoms with Crippen molar-refractivity contribution in [2.75, 3.05) is 9.80 Å². The summed E-state index contributed by atoms with van der Waals surface area (Å²) in [5.41, 5.74) is 11.8. The standard InChI is InChI=1S/C58H54N2S/c1-4-12-42(13-5-1)43-20-26-50(27-21-43)60(53-32-33-55-54-18-10-11-19-56(54)61-57(55)39-53)52-30-24-45(25-31-52)58(46-35-40-34-41(37-46)38-47(58)36-40)44-22-28-51(29-23-44)59(48-14-6-2-7-15-48)49-16-8-3-9-17-49/h2-3,6-11,14-33,39-42,46-47H,1,4-5,12-13,34-38H2. The highest BCUT2D eigenvalue weighted by molar-refractivity contribution is 7.25. The van der Waals surface area contributed by atoms with Gasteiger partial charge in [0.2, 0.25) is 0 Å². The van der Waals surface area contributed by atoms with Gasteiger partial charge in [0.15, 0.2) is 0 Å². The van der Waals surface area contributed by atoms with Crippen LogP contribution in [-0.4, -0.2) is 0 Å². The van der Waals surface area contributed by atoms with Crippen LogP contribution in [0, 0.1) is 23.7 Å². The molecule has 0 saturated heterocycles. The topological polar surface area (TPSA) is 6.48 Å². The van der Waals surface area contributed by atoms with Gasteiger partial charge in [0.05, 0.1) is 0 Å². The molecule has 5 aliphatic rings. The molecule has 7 aromatic carbocycles. The summed E-state index contributed by atoms with van der Waals surface area (Å²) in [6.45, 7) is 0. The molecule has 13 rings (SSSR count). The zero-order valence-electron chi connectivity index (χ0n) is 35.0. The summed E-state index contributed by atoms with van der Waals surface area (Å²) in [6, 6.07) is 67.1. The number of hydrogen-bond donors (Lipinski definition) is 0. The highest BCUT2D eigenvalue weighted by Crippen LogP contribution is 2.65. The molecule has 1 heterocycles. The highest BCUT2D eigenvalue weighted by atomic mass is 32.1. The molecule has 5 saturated carbocycles. The number of hydrogen-bond acceptors (Lipinski definition) is 3. The monoisotopic (exact) mass is 810 g/mol. The van der Waals surface area contributed by atoms with Crippen LogP contribution >= 0.6 is 11.3 Å². The minimum absolute atomic E-state index is 0.0112. The van der Waals surface area contributed by atoms with Gasteiger partial charge in [-0.15, -0.1) is 11.3 Å². The summed E-state index contributed by atoms with van der Waals surface area (Å²) in [5, 5.41) is 2.70. The second-order valence-electron chi connectivity index (χ2n) is 18.8. The Bertz CT molecular complexity index is 2710. The quantitative estimate of drug-likeness (QED) is 0.143. The Morgan fingerprint density at radius 3 is 1.43 bits per heavy atom. The SMILES string of the molecule is c1ccc(N(c2ccccc2)c2ccc(C3(c4ccc(N(c5ccc(C6CCCCC6)cc5)c5ccc6c(c5)sc5ccccc56)cc4)C4CC5CC(C4)CC3C5)cc2)cc1. The third kappa shape index (κ3) is 6.42. The molecule has 0 N–H and O–H groups in total. The number of thiophene rings is 1. The Labute approximate surface area is 365 Å². The molecule has 5 fully saturated rings. The van der Waals surface area contributed by atoms with Crippen LogP contribution in [-0.2, 0) is 5.41 Å². The van der Waals surface area contributed by atoms with E-state index in [2.05, 4.69) is 186 Å². The van der Waals surface area contributed by atoms with Gasteiger partial charge in [-0.25, -0.2) is 0 Å². The molecular weight excluding hydrogens is 757 g/mol. The Morgan fingerprint density at radius 2 is 0.852 bits per heavy atom. The molecule has 302 valence electrons. The summed E-state index contributed by atoms with van der Waals surface area (Å²) >= 11 is 1.91. The van der Waals surface area contributed by atoms with Gasteiger partial charge in [0.1, 0.15) is 0 Å². The lowest BCUT2D eigenvalue weighted by Gasteiger charge is -2.62. The first-order valence-corrected chi connectivity index (χ1v) is 23.9. The van der Waals surface area contributed by atoms with Crippen molar-refractivity contribution in [2.24, 2.45) is 23.7 Å². The van der Waals surface area contributed by atoms with Crippen LogP contribution in [0.2, 0.25) is 0 Å². The molecule has 3 heteroatoms. The van der Waals surface area contributed by atoms with E-state index in [-0.39, 0.29) is 5.41 Å². The largest absolute Gasteiger partial charge is 0.311 e. The Kier molecular flexibility index (Phi) is 9.36. The highest BCUT2D eigenvalue weighted by Gasteiger charge is 2.58. The van der Waals surface area contributed by atoms with Crippen molar-refractivity contribution >= 4 is 65.6 Å². The number of anilines is 6. The minimum Gasteiger partial charge on any atom is -0.311 e. The molecular formula is C58H54N2S. The van der Waals surface area contributed by atoms with Crippen LogP contribution < -0.4 is 9.80 Å². The molecule has 2 nitrogen and oxygen atoms in total. The average molecular weight is 811 g/mol. The molecule has 61 heavy (non-hydrogen) atoms. The van der Waals surface area contributed by atoms with E-state index in [0.29, 0.717) is 17.8 Å². The Balaban J connectivity index is 0.952. The van der Waals surface area contributed by atoms with Crippen LogP contribution in [0.3, 0.4) is 0 Å². The van der Waals surface area contributed by atoms with Crippen molar-refractivity contribution in [3.8, 4) is 0 Å². The summed E-state index contributed by atoms with van der Waals surface area (Å²) < 4.78 is 2.69. The minimum atomic E-state index is 0.0112. The second kappa shape index (κ2) is 15.4. The Morgan fingerprint density at radius 1 is 0.393 bits per heavy atom. The fourth-order valence-corrected chi connectivity index (χ4v) is 14.2. The smallest absolute Gasteiger partial charge is 0.0476 e. The average Bonchev–Trinajstić information content (AvgIpc) is 3.69. The second-order valence-corrected chi connectivity index (χ2v) is 19.9. The van der Waals surface area contributed by atoms with Crippen molar-refractivity contribution in [3.05, 3.63) is 193 Å². The molecule has 0 unspecified atom stereocenters. The van der Waals surface area contributed by atoms with E-state index in [0.717, 1.165) is 11.8 Å². The van der Waals surface area contributed by atoms with E-state index >= 15 is 0 Å². The van der Waals surface area contributed by atoms with E-state index < -0.39 is 0 Å². The van der Waals surface area contributed by atoms with Gasteiger partial charge in [-0.3, -0.25) is 0 Å². The van der Waals surface area contributed by atoms with Gasteiger partial charge in [0, 0.05) is 59.7 Å². The third-order valence-electron chi connectivity index (χ3n) is 15.5. The lowest BCUT2D eigenvalue weighted by atomic mass is 9.42. The first kappa shape index (κ1) is 37.1. The van der Waals surface area contributed by atoms with Gasteiger partial charge in [-0.05, 0) is 170 Å². The van der Waals surface area contributed by atoms with Gasteiger partial charge in [-0.2, -0.15) is 0 Å². The fourth-order valence-electron chi connectivity index (χ4n) is 13.0. The summed E-state index contributed by atoms with van der Waals surface area (Å²) in [4.78, 5) is 4.91. The molecule has 0 aliphatic heterocycles. The van der Waals surface area contributed by atoms with Crippen molar-refractivity contribution < 1.29 is 0 Å². The maximum Gasteiger partial charge on any atom is 0.0476 e. The first-order valence-electron chi connectivity index (χ1n) is 23.1. The lowest BCUT2D eigenvalue weighted by molar-refractivity contribution is -0.0418. The van der Waals surface area contributed by atoms with Crippen LogP contribution in [0.5, 0.6) is 0 Å². The molecule has 8 aromatic rings.